The molecular weight excluding hydrogens is 241 g/mol. The number of nitrogens with one attached hydrogen (secondary N) is 1. The molecule has 1 aromatic rings. The second-order valence-electron chi connectivity index (χ2n) is 3.63. The molecule has 0 bridgehead atoms. The van der Waals surface area contributed by atoms with E-state index in [-0.39, 0.29) is 6.54 Å². The first kappa shape index (κ1) is 13.9. The summed E-state index contributed by atoms with van der Waals surface area (Å²) in [7, 11) is 0. The van der Waals surface area contributed by atoms with Gasteiger partial charge in [-0.3, -0.25) is 0 Å². The fourth-order valence-corrected chi connectivity index (χ4v) is 1.45. The third-order valence-corrected chi connectivity index (χ3v) is 2.14. The molecule has 6 heteroatoms. The molecule has 1 aromatic carbocycles. The second kappa shape index (κ2) is 5.44. The van der Waals surface area contributed by atoms with Gasteiger partial charge in [-0.1, -0.05) is 6.92 Å². The van der Waals surface area contributed by atoms with E-state index in [1.54, 1.807) is 6.92 Å². The fourth-order valence-electron chi connectivity index (χ4n) is 1.45. The number of hydrogen-bond acceptors (Lipinski definition) is 1. The minimum atomic E-state index is -4.59. The molecule has 1 nitrogen and oxygen atoms in total. The van der Waals surface area contributed by atoms with E-state index in [0.29, 0.717) is 24.6 Å². The van der Waals surface area contributed by atoms with Crippen molar-refractivity contribution in [2.24, 2.45) is 0 Å². The van der Waals surface area contributed by atoms with Crippen LogP contribution in [-0.4, -0.2) is 12.7 Å². The van der Waals surface area contributed by atoms with Gasteiger partial charge in [-0.25, -0.2) is 8.78 Å². The molecule has 0 saturated heterocycles. The minimum absolute atomic E-state index is 0.113. The Kier molecular flexibility index (Phi) is 4.45. The van der Waals surface area contributed by atoms with Crippen LogP contribution >= 0.6 is 0 Å². The van der Waals surface area contributed by atoms with Crippen LogP contribution in [0.1, 0.15) is 24.9 Å². The van der Waals surface area contributed by atoms with Crippen LogP contribution in [0.5, 0.6) is 0 Å². The third-order valence-electron chi connectivity index (χ3n) is 2.14. The SMILES string of the molecule is CCCNC(c1cc(F)cc(F)c1)C(F)(F)F. The smallest absolute Gasteiger partial charge is 0.302 e. The molecule has 0 heterocycles. The van der Waals surface area contributed by atoms with Gasteiger partial charge in [-0.15, -0.1) is 0 Å². The third kappa shape index (κ3) is 3.96. The van der Waals surface area contributed by atoms with Crippen molar-refractivity contribution in [1.82, 2.24) is 5.32 Å². The molecule has 17 heavy (non-hydrogen) atoms. The topological polar surface area (TPSA) is 12.0 Å². The zero-order chi connectivity index (χ0) is 13.1. The number of halogens is 5. The molecule has 1 unspecified atom stereocenters. The highest BCUT2D eigenvalue weighted by molar-refractivity contribution is 5.22. The molecule has 96 valence electrons. The van der Waals surface area contributed by atoms with Gasteiger partial charge >= 0.3 is 6.18 Å². The molecule has 0 aliphatic carbocycles. The van der Waals surface area contributed by atoms with Crippen molar-refractivity contribution < 1.29 is 22.0 Å². The molecule has 0 amide bonds. The standard InChI is InChI=1S/C11H12F5N/c1-2-3-17-10(11(14,15)16)7-4-8(12)6-9(13)5-7/h4-6,10,17H,2-3H2,1H3. The van der Waals surface area contributed by atoms with Crippen LogP contribution in [0, 0.1) is 11.6 Å². The maximum absolute atomic E-state index is 12.9. The zero-order valence-corrected chi connectivity index (χ0v) is 9.11. The van der Waals surface area contributed by atoms with Crippen molar-refractivity contribution in [2.45, 2.75) is 25.6 Å². The van der Waals surface area contributed by atoms with Gasteiger partial charge in [-0.2, -0.15) is 13.2 Å². The van der Waals surface area contributed by atoms with Gasteiger partial charge in [0.25, 0.3) is 0 Å². The maximum atomic E-state index is 12.9. The number of benzene rings is 1. The highest BCUT2D eigenvalue weighted by Crippen LogP contribution is 2.33. The Balaban J connectivity index is 3.03. The summed E-state index contributed by atoms with van der Waals surface area (Å²) in [6.45, 7) is 1.81. The lowest BCUT2D eigenvalue weighted by molar-refractivity contribution is -0.157. The monoisotopic (exact) mass is 253 g/mol. The summed E-state index contributed by atoms with van der Waals surface area (Å²) in [4.78, 5) is 0. The van der Waals surface area contributed by atoms with Gasteiger partial charge in [0, 0.05) is 6.07 Å². The van der Waals surface area contributed by atoms with E-state index in [4.69, 9.17) is 0 Å². The van der Waals surface area contributed by atoms with Crippen molar-refractivity contribution in [1.29, 1.82) is 0 Å². The summed E-state index contributed by atoms with van der Waals surface area (Å²) < 4.78 is 63.8. The molecule has 0 aliphatic rings. The van der Waals surface area contributed by atoms with E-state index >= 15 is 0 Å². The van der Waals surface area contributed by atoms with Crippen molar-refractivity contribution >= 4 is 0 Å². The van der Waals surface area contributed by atoms with Crippen molar-refractivity contribution in [2.75, 3.05) is 6.54 Å². The summed E-state index contributed by atoms with van der Waals surface area (Å²) in [5, 5.41) is 2.22. The van der Waals surface area contributed by atoms with Gasteiger partial charge in [0.05, 0.1) is 0 Å². The Morgan fingerprint density at radius 3 is 2.06 bits per heavy atom. The number of hydrogen-bond donors (Lipinski definition) is 1. The zero-order valence-electron chi connectivity index (χ0n) is 9.11. The van der Waals surface area contributed by atoms with Crippen LogP contribution in [0.2, 0.25) is 0 Å². The van der Waals surface area contributed by atoms with E-state index in [1.807, 2.05) is 0 Å². The van der Waals surface area contributed by atoms with Gasteiger partial charge in [0.15, 0.2) is 0 Å². The normalized spacial score (nSPS) is 13.8. The van der Waals surface area contributed by atoms with Gasteiger partial charge in [0.2, 0.25) is 0 Å². The highest BCUT2D eigenvalue weighted by atomic mass is 19.4. The van der Waals surface area contributed by atoms with Gasteiger partial charge in [-0.05, 0) is 30.7 Å². The average Bonchev–Trinajstić information content (AvgIpc) is 2.14. The Hall–Kier alpha value is -1.17. The van der Waals surface area contributed by atoms with E-state index in [0.717, 1.165) is 0 Å². The van der Waals surface area contributed by atoms with Crippen molar-refractivity contribution in [3.8, 4) is 0 Å². The number of rotatable bonds is 4. The Morgan fingerprint density at radius 1 is 1.12 bits per heavy atom. The summed E-state index contributed by atoms with van der Waals surface area (Å²) >= 11 is 0. The van der Waals surface area contributed by atoms with Gasteiger partial charge < -0.3 is 5.32 Å². The molecule has 1 N–H and O–H groups in total. The maximum Gasteiger partial charge on any atom is 0.407 e. The molecule has 0 radical (unpaired) electrons. The van der Waals surface area contributed by atoms with Crippen LogP contribution in [0.25, 0.3) is 0 Å². The van der Waals surface area contributed by atoms with Crippen LogP contribution in [0.4, 0.5) is 22.0 Å². The largest absolute Gasteiger partial charge is 0.407 e. The van der Waals surface area contributed by atoms with E-state index < -0.39 is 29.4 Å². The fraction of sp³-hybridized carbons (Fsp3) is 0.455. The molecular formula is C11H12F5N. The Bertz CT molecular complexity index is 354. The lowest BCUT2D eigenvalue weighted by Crippen LogP contribution is -2.34. The Labute approximate surface area is 95.6 Å². The van der Waals surface area contributed by atoms with E-state index in [9.17, 15) is 22.0 Å². The van der Waals surface area contributed by atoms with Crippen LogP contribution in [0.3, 0.4) is 0 Å². The summed E-state index contributed by atoms with van der Waals surface area (Å²) in [6, 6.07) is -0.141. The predicted octanol–water partition coefficient (Wildman–Crippen LogP) is 3.57. The molecule has 1 rings (SSSR count). The first-order chi connectivity index (χ1) is 7.84. The highest BCUT2D eigenvalue weighted by Gasteiger charge is 2.40. The molecule has 0 fully saturated rings. The number of alkyl halides is 3. The predicted molar refractivity (Wildman–Crippen MR) is 53.4 cm³/mol. The van der Waals surface area contributed by atoms with Crippen LogP contribution in [-0.2, 0) is 0 Å². The molecule has 0 spiro atoms. The first-order valence-corrected chi connectivity index (χ1v) is 5.10. The lowest BCUT2D eigenvalue weighted by Gasteiger charge is -2.22. The average molecular weight is 253 g/mol. The molecule has 0 aromatic heterocycles. The second-order valence-corrected chi connectivity index (χ2v) is 3.63. The quantitative estimate of drug-likeness (QED) is 0.809. The summed E-state index contributed by atoms with van der Waals surface area (Å²) in [5.41, 5.74) is -0.455. The minimum Gasteiger partial charge on any atom is -0.302 e. The first-order valence-electron chi connectivity index (χ1n) is 5.10. The summed E-state index contributed by atoms with van der Waals surface area (Å²) in [6.07, 6.45) is -4.10. The van der Waals surface area contributed by atoms with Crippen molar-refractivity contribution in [3.05, 3.63) is 35.4 Å². The van der Waals surface area contributed by atoms with Crippen LogP contribution < -0.4 is 5.32 Å². The van der Waals surface area contributed by atoms with Crippen molar-refractivity contribution in [3.63, 3.8) is 0 Å². The van der Waals surface area contributed by atoms with E-state index in [2.05, 4.69) is 5.32 Å². The van der Waals surface area contributed by atoms with E-state index in [1.165, 1.54) is 0 Å². The Morgan fingerprint density at radius 2 is 1.65 bits per heavy atom. The molecule has 0 saturated carbocycles. The lowest BCUT2D eigenvalue weighted by atomic mass is 10.1. The van der Waals surface area contributed by atoms with Crippen LogP contribution in [0.15, 0.2) is 18.2 Å². The summed E-state index contributed by atoms with van der Waals surface area (Å²) in [5.74, 6) is -2.04. The van der Waals surface area contributed by atoms with Gasteiger partial charge in [0.1, 0.15) is 17.7 Å². The molecule has 1 atom stereocenters. The molecule has 0 aliphatic heterocycles.